The van der Waals surface area contributed by atoms with Crippen molar-refractivity contribution in [3.8, 4) is 0 Å². The second-order valence-electron chi connectivity index (χ2n) is 4.81. The highest BCUT2D eigenvalue weighted by molar-refractivity contribution is 8.01. The van der Waals surface area contributed by atoms with Crippen molar-refractivity contribution >= 4 is 23.1 Å². The zero-order valence-corrected chi connectivity index (χ0v) is 11.8. The first kappa shape index (κ1) is 13.0. The zero-order chi connectivity index (χ0) is 11.5. The van der Waals surface area contributed by atoms with E-state index in [0.717, 1.165) is 12.2 Å². The number of nitrogens with zero attached hydrogens (tertiary/aromatic N) is 1. The van der Waals surface area contributed by atoms with Gasteiger partial charge in [-0.1, -0.05) is 18.7 Å². The number of aromatic nitrogens is 1. The minimum absolute atomic E-state index is 0.202. The number of hydrogen-bond donors (Lipinski definition) is 1. The number of aryl methyl sites for hydroxylation is 1. The Kier molecular flexibility index (Phi) is 4.62. The molecule has 1 aromatic rings. The minimum atomic E-state index is 0.202. The molecule has 0 amide bonds. The van der Waals surface area contributed by atoms with Crippen LogP contribution in [0.15, 0.2) is 9.72 Å². The third kappa shape index (κ3) is 5.54. The van der Waals surface area contributed by atoms with Crippen LogP contribution in [0.2, 0.25) is 0 Å². The predicted molar refractivity (Wildman–Crippen MR) is 69.9 cm³/mol. The molecule has 1 aromatic heterocycles. The van der Waals surface area contributed by atoms with E-state index in [9.17, 15) is 0 Å². The molecule has 1 unspecified atom stereocenters. The molecule has 0 aliphatic heterocycles. The van der Waals surface area contributed by atoms with Crippen molar-refractivity contribution in [3.05, 3.63) is 11.1 Å². The van der Waals surface area contributed by atoms with Gasteiger partial charge in [0, 0.05) is 28.4 Å². The lowest BCUT2D eigenvalue weighted by atomic mass is 10.1. The molecule has 0 aromatic carbocycles. The third-order valence-corrected chi connectivity index (χ3v) is 4.01. The highest BCUT2D eigenvalue weighted by Gasteiger charge is 2.12. The van der Waals surface area contributed by atoms with Crippen molar-refractivity contribution in [3.63, 3.8) is 0 Å². The van der Waals surface area contributed by atoms with Gasteiger partial charge in [0.25, 0.3) is 0 Å². The van der Waals surface area contributed by atoms with E-state index in [1.165, 1.54) is 4.34 Å². The fourth-order valence-electron chi connectivity index (χ4n) is 1.05. The summed E-state index contributed by atoms with van der Waals surface area (Å²) in [6.45, 7) is 11.9. The average molecular weight is 244 g/mol. The van der Waals surface area contributed by atoms with E-state index in [1.807, 2.05) is 18.7 Å². The normalized spacial score (nSPS) is 14.2. The van der Waals surface area contributed by atoms with Gasteiger partial charge in [0.2, 0.25) is 0 Å². The molecule has 0 spiro atoms. The van der Waals surface area contributed by atoms with Gasteiger partial charge in [-0.3, -0.25) is 0 Å². The van der Waals surface area contributed by atoms with E-state index in [2.05, 4.69) is 43.4 Å². The summed E-state index contributed by atoms with van der Waals surface area (Å²) in [5.41, 5.74) is 1.33. The van der Waals surface area contributed by atoms with E-state index in [4.69, 9.17) is 0 Å². The molecule has 1 N–H and O–H groups in total. The van der Waals surface area contributed by atoms with E-state index in [-0.39, 0.29) is 5.54 Å². The van der Waals surface area contributed by atoms with Crippen LogP contribution in [0.1, 0.15) is 33.4 Å². The molecule has 86 valence electrons. The number of thiazole rings is 1. The van der Waals surface area contributed by atoms with Crippen molar-refractivity contribution in [2.75, 3.05) is 6.54 Å². The third-order valence-electron chi connectivity index (χ3n) is 1.82. The van der Waals surface area contributed by atoms with Gasteiger partial charge in [-0.15, -0.1) is 11.3 Å². The molecule has 0 aliphatic carbocycles. The second-order valence-corrected chi connectivity index (χ2v) is 7.36. The zero-order valence-electron chi connectivity index (χ0n) is 10.1. The number of rotatable bonds is 4. The van der Waals surface area contributed by atoms with Crippen LogP contribution in [-0.2, 0) is 0 Å². The van der Waals surface area contributed by atoms with Crippen LogP contribution < -0.4 is 5.32 Å². The Morgan fingerprint density at radius 2 is 2.20 bits per heavy atom. The molecule has 0 saturated heterocycles. The Morgan fingerprint density at radius 3 is 2.67 bits per heavy atom. The molecule has 0 radical (unpaired) electrons. The lowest BCUT2D eigenvalue weighted by Gasteiger charge is -2.22. The summed E-state index contributed by atoms with van der Waals surface area (Å²) >= 11 is 3.59. The monoisotopic (exact) mass is 244 g/mol. The summed E-state index contributed by atoms with van der Waals surface area (Å²) in [5.74, 6) is 0. The van der Waals surface area contributed by atoms with Crippen LogP contribution in [0.4, 0.5) is 0 Å². The quantitative estimate of drug-likeness (QED) is 0.823. The van der Waals surface area contributed by atoms with Crippen molar-refractivity contribution < 1.29 is 0 Å². The lowest BCUT2D eigenvalue weighted by Crippen LogP contribution is -2.39. The molecule has 0 fully saturated rings. The first-order valence-electron chi connectivity index (χ1n) is 5.20. The van der Waals surface area contributed by atoms with Crippen LogP contribution >= 0.6 is 23.1 Å². The van der Waals surface area contributed by atoms with Crippen LogP contribution in [0, 0.1) is 6.92 Å². The fourth-order valence-corrected chi connectivity index (χ4v) is 3.14. The maximum Gasteiger partial charge on any atom is 0.150 e. The lowest BCUT2D eigenvalue weighted by molar-refractivity contribution is 0.429. The molecule has 1 atom stereocenters. The van der Waals surface area contributed by atoms with Gasteiger partial charge in [0.1, 0.15) is 4.34 Å². The van der Waals surface area contributed by atoms with Gasteiger partial charge in [-0.25, -0.2) is 4.98 Å². The molecular formula is C11H20N2S2. The minimum Gasteiger partial charge on any atom is -0.311 e. The Bertz CT molecular complexity index is 302. The number of nitrogens with one attached hydrogen (secondary N) is 1. The van der Waals surface area contributed by atoms with Crippen molar-refractivity contribution in [2.24, 2.45) is 0 Å². The molecule has 1 rings (SSSR count). The molecule has 15 heavy (non-hydrogen) atoms. The molecular weight excluding hydrogens is 224 g/mol. The maximum absolute atomic E-state index is 4.45. The Morgan fingerprint density at radius 1 is 1.53 bits per heavy atom. The summed E-state index contributed by atoms with van der Waals surface area (Å²) in [7, 11) is 0. The van der Waals surface area contributed by atoms with E-state index >= 15 is 0 Å². The smallest absolute Gasteiger partial charge is 0.150 e. The first-order valence-corrected chi connectivity index (χ1v) is 6.96. The highest BCUT2D eigenvalue weighted by Crippen LogP contribution is 2.26. The number of hydrogen-bond acceptors (Lipinski definition) is 4. The van der Waals surface area contributed by atoms with Crippen LogP contribution in [0.5, 0.6) is 0 Å². The van der Waals surface area contributed by atoms with Crippen LogP contribution in [-0.4, -0.2) is 22.3 Å². The van der Waals surface area contributed by atoms with Gasteiger partial charge in [-0.05, 0) is 27.7 Å². The number of thioether (sulfide) groups is 1. The molecule has 0 aliphatic rings. The molecule has 0 saturated carbocycles. The summed E-state index contributed by atoms with van der Waals surface area (Å²) in [4.78, 5) is 4.45. The topological polar surface area (TPSA) is 24.9 Å². The summed E-state index contributed by atoms with van der Waals surface area (Å²) < 4.78 is 1.18. The van der Waals surface area contributed by atoms with Gasteiger partial charge < -0.3 is 5.32 Å². The van der Waals surface area contributed by atoms with Crippen molar-refractivity contribution in [1.82, 2.24) is 10.3 Å². The first-order chi connectivity index (χ1) is 6.87. The standard InChI is InChI=1S/C11H20N2S2/c1-8-7-14-10(13-8)15-9(2)6-12-11(3,4)5/h7,9,12H,6H2,1-5H3. The van der Waals surface area contributed by atoms with Crippen LogP contribution in [0.3, 0.4) is 0 Å². The average Bonchev–Trinajstić information content (AvgIpc) is 2.47. The Hall–Kier alpha value is -0.0600. The summed E-state index contributed by atoms with van der Waals surface area (Å²) in [6.07, 6.45) is 0. The van der Waals surface area contributed by atoms with Crippen LogP contribution in [0.25, 0.3) is 0 Å². The fraction of sp³-hybridized carbons (Fsp3) is 0.727. The SMILES string of the molecule is Cc1csc(SC(C)CNC(C)(C)C)n1. The molecule has 1 heterocycles. The van der Waals surface area contributed by atoms with Crippen molar-refractivity contribution in [1.29, 1.82) is 0 Å². The van der Waals surface area contributed by atoms with E-state index in [0.29, 0.717) is 5.25 Å². The summed E-state index contributed by atoms with van der Waals surface area (Å²) in [6, 6.07) is 0. The highest BCUT2D eigenvalue weighted by atomic mass is 32.2. The summed E-state index contributed by atoms with van der Waals surface area (Å²) in [5, 5.41) is 6.17. The largest absolute Gasteiger partial charge is 0.311 e. The Balaban J connectivity index is 2.33. The van der Waals surface area contributed by atoms with Gasteiger partial charge in [0.15, 0.2) is 0 Å². The molecule has 4 heteroatoms. The van der Waals surface area contributed by atoms with Gasteiger partial charge in [0.05, 0.1) is 0 Å². The predicted octanol–water partition coefficient (Wildman–Crippen LogP) is 3.32. The van der Waals surface area contributed by atoms with Gasteiger partial charge in [-0.2, -0.15) is 0 Å². The second kappa shape index (κ2) is 5.32. The van der Waals surface area contributed by atoms with Crippen molar-refractivity contribution in [2.45, 2.75) is 49.7 Å². The Labute approximate surface area is 101 Å². The van der Waals surface area contributed by atoms with Gasteiger partial charge >= 0.3 is 0 Å². The van der Waals surface area contributed by atoms with E-state index < -0.39 is 0 Å². The molecule has 0 bridgehead atoms. The van der Waals surface area contributed by atoms with E-state index in [1.54, 1.807) is 11.3 Å². The molecule has 2 nitrogen and oxygen atoms in total. The maximum atomic E-state index is 4.45.